The largest absolute Gasteiger partial charge is 0.391 e. The highest BCUT2D eigenvalue weighted by Gasteiger charge is 2.20. The first-order valence-corrected chi connectivity index (χ1v) is 4.30. The topological polar surface area (TPSA) is 46.2 Å². The van der Waals surface area contributed by atoms with Gasteiger partial charge in [0, 0.05) is 6.04 Å². The maximum absolute atomic E-state index is 9.53. The number of hydrogen-bond donors (Lipinski definition) is 2. The molecule has 0 aromatic rings. The van der Waals surface area contributed by atoms with Crippen molar-refractivity contribution in [2.24, 2.45) is 11.1 Å². The van der Waals surface area contributed by atoms with Gasteiger partial charge in [0.1, 0.15) is 0 Å². The zero-order chi connectivity index (χ0) is 9.07. The van der Waals surface area contributed by atoms with Gasteiger partial charge in [-0.2, -0.15) is 0 Å². The lowest BCUT2D eigenvalue weighted by Gasteiger charge is -2.25. The van der Waals surface area contributed by atoms with E-state index in [9.17, 15) is 5.11 Å². The van der Waals surface area contributed by atoms with Gasteiger partial charge in [0.15, 0.2) is 0 Å². The molecule has 0 rings (SSSR count). The molecule has 2 atom stereocenters. The van der Waals surface area contributed by atoms with Gasteiger partial charge >= 0.3 is 0 Å². The molecule has 0 aliphatic heterocycles. The first kappa shape index (κ1) is 10.9. The molecule has 0 aliphatic rings. The fourth-order valence-corrected chi connectivity index (χ4v) is 1.05. The Balaban J connectivity index is 3.77. The van der Waals surface area contributed by atoms with E-state index < -0.39 is 0 Å². The summed E-state index contributed by atoms with van der Waals surface area (Å²) in [5.74, 6) is 0. The molecular formula is C9H21NO. The van der Waals surface area contributed by atoms with Gasteiger partial charge in [-0.3, -0.25) is 0 Å². The SMILES string of the molecule is CCC(N)C(O)CC(C)(C)C. The van der Waals surface area contributed by atoms with E-state index in [1.165, 1.54) is 0 Å². The molecular weight excluding hydrogens is 138 g/mol. The smallest absolute Gasteiger partial charge is 0.0695 e. The van der Waals surface area contributed by atoms with Crippen molar-refractivity contribution in [2.45, 2.75) is 52.7 Å². The van der Waals surface area contributed by atoms with Crippen molar-refractivity contribution in [2.75, 3.05) is 0 Å². The second-order valence-electron chi connectivity index (χ2n) is 4.40. The molecule has 0 aromatic carbocycles. The molecule has 0 radical (unpaired) electrons. The maximum Gasteiger partial charge on any atom is 0.0695 e. The van der Waals surface area contributed by atoms with Crippen molar-refractivity contribution in [3.63, 3.8) is 0 Å². The summed E-state index contributed by atoms with van der Waals surface area (Å²) in [7, 11) is 0. The second kappa shape index (κ2) is 4.07. The van der Waals surface area contributed by atoms with Gasteiger partial charge in [0.25, 0.3) is 0 Å². The van der Waals surface area contributed by atoms with Gasteiger partial charge < -0.3 is 10.8 Å². The summed E-state index contributed by atoms with van der Waals surface area (Å²) in [4.78, 5) is 0. The van der Waals surface area contributed by atoms with Gasteiger partial charge in [0.2, 0.25) is 0 Å². The Morgan fingerprint density at radius 1 is 1.36 bits per heavy atom. The zero-order valence-electron chi connectivity index (χ0n) is 8.09. The van der Waals surface area contributed by atoms with E-state index in [0.717, 1.165) is 12.8 Å². The standard InChI is InChI=1S/C9H21NO/c1-5-7(10)8(11)6-9(2,3)4/h7-8,11H,5-6,10H2,1-4H3. The lowest BCUT2D eigenvalue weighted by Crippen LogP contribution is -2.36. The average Bonchev–Trinajstić information content (AvgIpc) is 1.82. The summed E-state index contributed by atoms with van der Waals surface area (Å²) in [6.45, 7) is 8.33. The molecule has 2 unspecified atom stereocenters. The van der Waals surface area contributed by atoms with E-state index in [-0.39, 0.29) is 17.6 Å². The molecule has 0 spiro atoms. The molecule has 0 aromatic heterocycles. The summed E-state index contributed by atoms with van der Waals surface area (Å²) in [6.07, 6.45) is 1.28. The van der Waals surface area contributed by atoms with Crippen LogP contribution in [0.25, 0.3) is 0 Å². The van der Waals surface area contributed by atoms with Crippen LogP contribution in [0.2, 0.25) is 0 Å². The predicted molar refractivity (Wildman–Crippen MR) is 48.3 cm³/mol. The number of hydrogen-bond acceptors (Lipinski definition) is 2. The molecule has 11 heavy (non-hydrogen) atoms. The average molecular weight is 159 g/mol. The minimum Gasteiger partial charge on any atom is -0.391 e. The Bertz CT molecular complexity index is 107. The van der Waals surface area contributed by atoms with Crippen LogP contribution in [-0.2, 0) is 0 Å². The number of aliphatic hydroxyl groups excluding tert-OH is 1. The Morgan fingerprint density at radius 2 is 1.82 bits per heavy atom. The Morgan fingerprint density at radius 3 is 2.09 bits per heavy atom. The molecule has 3 N–H and O–H groups in total. The highest BCUT2D eigenvalue weighted by Crippen LogP contribution is 2.22. The normalized spacial score (nSPS) is 18.0. The predicted octanol–water partition coefficient (Wildman–Crippen LogP) is 1.52. The summed E-state index contributed by atoms with van der Waals surface area (Å²) < 4.78 is 0. The third-order valence-corrected chi connectivity index (χ3v) is 1.79. The first-order chi connectivity index (χ1) is 4.87. The van der Waals surface area contributed by atoms with E-state index in [1.54, 1.807) is 0 Å². The fourth-order valence-electron chi connectivity index (χ4n) is 1.05. The quantitative estimate of drug-likeness (QED) is 0.656. The van der Waals surface area contributed by atoms with E-state index in [2.05, 4.69) is 20.8 Å². The van der Waals surface area contributed by atoms with Crippen LogP contribution in [0.15, 0.2) is 0 Å². The molecule has 0 saturated carbocycles. The molecule has 0 fully saturated rings. The number of rotatable bonds is 3. The van der Waals surface area contributed by atoms with Crippen molar-refractivity contribution in [1.29, 1.82) is 0 Å². The molecule has 0 saturated heterocycles. The van der Waals surface area contributed by atoms with Crippen LogP contribution >= 0.6 is 0 Å². The van der Waals surface area contributed by atoms with E-state index >= 15 is 0 Å². The van der Waals surface area contributed by atoms with Gasteiger partial charge in [-0.15, -0.1) is 0 Å². The van der Waals surface area contributed by atoms with E-state index in [0.29, 0.717) is 0 Å². The van der Waals surface area contributed by atoms with Gasteiger partial charge in [-0.25, -0.2) is 0 Å². The lowest BCUT2D eigenvalue weighted by molar-refractivity contribution is 0.0953. The van der Waals surface area contributed by atoms with Gasteiger partial charge in [-0.1, -0.05) is 27.7 Å². The van der Waals surface area contributed by atoms with Crippen LogP contribution in [0.4, 0.5) is 0 Å². The summed E-state index contributed by atoms with van der Waals surface area (Å²) in [6, 6.07) is -0.0609. The van der Waals surface area contributed by atoms with Crippen LogP contribution in [0.1, 0.15) is 40.5 Å². The van der Waals surface area contributed by atoms with Crippen LogP contribution in [0.5, 0.6) is 0 Å². The first-order valence-electron chi connectivity index (χ1n) is 4.30. The van der Waals surface area contributed by atoms with Crippen LogP contribution in [-0.4, -0.2) is 17.3 Å². The monoisotopic (exact) mass is 159 g/mol. The summed E-state index contributed by atoms with van der Waals surface area (Å²) in [5.41, 5.74) is 5.85. The minimum absolute atomic E-state index is 0.0609. The number of nitrogens with two attached hydrogens (primary N) is 1. The van der Waals surface area contributed by atoms with Crippen LogP contribution in [0.3, 0.4) is 0 Å². The summed E-state index contributed by atoms with van der Waals surface area (Å²) >= 11 is 0. The van der Waals surface area contributed by atoms with E-state index in [4.69, 9.17) is 5.73 Å². The summed E-state index contributed by atoms with van der Waals surface area (Å²) in [5, 5.41) is 9.53. The molecule has 68 valence electrons. The third-order valence-electron chi connectivity index (χ3n) is 1.79. The van der Waals surface area contributed by atoms with Gasteiger partial charge in [-0.05, 0) is 18.3 Å². The fraction of sp³-hybridized carbons (Fsp3) is 1.00. The van der Waals surface area contributed by atoms with Crippen molar-refractivity contribution in [3.05, 3.63) is 0 Å². The van der Waals surface area contributed by atoms with Crippen LogP contribution in [0, 0.1) is 5.41 Å². The lowest BCUT2D eigenvalue weighted by atomic mass is 9.86. The zero-order valence-corrected chi connectivity index (χ0v) is 8.09. The molecule has 0 amide bonds. The molecule has 2 heteroatoms. The maximum atomic E-state index is 9.53. The van der Waals surface area contributed by atoms with Gasteiger partial charge in [0.05, 0.1) is 6.10 Å². The Kier molecular flexibility index (Phi) is 4.04. The number of aliphatic hydroxyl groups is 1. The Labute approximate surface area is 69.8 Å². The van der Waals surface area contributed by atoms with Crippen LogP contribution < -0.4 is 5.73 Å². The second-order valence-corrected chi connectivity index (χ2v) is 4.40. The Hall–Kier alpha value is -0.0800. The molecule has 2 nitrogen and oxygen atoms in total. The van der Waals surface area contributed by atoms with Crippen molar-refractivity contribution >= 4 is 0 Å². The highest BCUT2D eigenvalue weighted by molar-refractivity contribution is 4.75. The third kappa shape index (κ3) is 5.22. The van der Waals surface area contributed by atoms with E-state index in [1.807, 2.05) is 6.92 Å². The van der Waals surface area contributed by atoms with Crippen molar-refractivity contribution in [3.8, 4) is 0 Å². The molecule has 0 heterocycles. The molecule has 0 aliphatic carbocycles. The van der Waals surface area contributed by atoms with Crippen molar-refractivity contribution < 1.29 is 5.11 Å². The van der Waals surface area contributed by atoms with Crippen molar-refractivity contribution in [1.82, 2.24) is 0 Å². The highest BCUT2D eigenvalue weighted by atomic mass is 16.3. The molecule has 0 bridgehead atoms. The minimum atomic E-state index is -0.347.